The Hall–Kier alpha value is -1.82. The van der Waals surface area contributed by atoms with Gasteiger partial charge in [-0.15, -0.1) is 0 Å². The second-order valence-corrected chi connectivity index (χ2v) is 5.67. The van der Waals surface area contributed by atoms with Crippen LogP contribution in [-0.4, -0.2) is 49.0 Å². The molecule has 0 spiro atoms. The third-order valence-corrected chi connectivity index (χ3v) is 4.09. The third kappa shape index (κ3) is 3.68. The van der Waals surface area contributed by atoms with Crippen LogP contribution in [0, 0.1) is 0 Å². The lowest BCUT2D eigenvalue weighted by Crippen LogP contribution is -2.55. The number of likely N-dealkylation sites (N-methyl/N-ethyl adjacent to an activating group) is 1. The number of carbonyl (C=O) groups excluding carboxylic acids is 1. The molecule has 6 nitrogen and oxygen atoms in total. The Morgan fingerprint density at radius 2 is 2.14 bits per heavy atom. The molecule has 1 unspecified atom stereocenters. The van der Waals surface area contributed by atoms with E-state index in [2.05, 4.69) is 11.8 Å². The molecule has 0 N–H and O–H groups in total. The van der Waals surface area contributed by atoms with E-state index in [4.69, 9.17) is 9.15 Å². The van der Waals surface area contributed by atoms with Gasteiger partial charge in [0.05, 0.1) is 19.7 Å². The molecule has 6 heteroatoms. The smallest absolute Gasteiger partial charge is 0.239 e. The monoisotopic (exact) mass is 308 g/mol. The number of methoxy groups -OCH3 is 1. The molecule has 2 heterocycles. The highest BCUT2D eigenvalue weighted by Gasteiger charge is 2.32. The van der Waals surface area contributed by atoms with E-state index in [0.29, 0.717) is 18.8 Å². The first-order valence-corrected chi connectivity index (χ1v) is 7.71. The number of carbonyl (C=O) groups is 1. The zero-order valence-electron chi connectivity index (χ0n) is 13.5. The summed E-state index contributed by atoms with van der Waals surface area (Å²) in [7, 11) is 3.28. The van der Waals surface area contributed by atoms with Gasteiger partial charge in [-0.25, -0.2) is 0 Å². The molecule has 0 bridgehead atoms. The van der Waals surface area contributed by atoms with E-state index in [9.17, 15) is 9.59 Å². The third-order valence-electron chi connectivity index (χ3n) is 4.09. The minimum Gasteiger partial charge on any atom is -0.490 e. The highest BCUT2D eigenvalue weighted by atomic mass is 16.5. The van der Waals surface area contributed by atoms with E-state index in [1.54, 1.807) is 4.90 Å². The second kappa shape index (κ2) is 7.45. The van der Waals surface area contributed by atoms with Crippen molar-refractivity contribution in [3.05, 3.63) is 28.3 Å². The van der Waals surface area contributed by atoms with Crippen molar-refractivity contribution in [1.29, 1.82) is 0 Å². The minimum absolute atomic E-state index is 0.133. The van der Waals surface area contributed by atoms with E-state index in [1.165, 1.54) is 19.4 Å². The van der Waals surface area contributed by atoms with Gasteiger partial charge >= 0.3 is 0 Å². The fourth-order valence-electron chi connectivity index (χ4n) is 2.72. The van der Waals surface area contributed by atoms with Crippen molar-refractivity contribution in [2.45, 2.75) is 38.8 Å². The van der Waals surface area contributed by atoms with Gasteiger partial charge in [-0.1, -0.05) is 19.8 Å². The number of nitrogens with zero attached hydrogens (tertiary/aromatic N) is 2. The lowest BCUT2D eigenvalue weighted by Gasteiger charge is -2.38. The Morgan fingerprint density at radius 1 is 1.36 bits per heavy atom. The van der Waals surface area contributed by atoms with Crippen molar-refractivity contribution in [2.75, 3.05) is 27.2 Å². The summed E-state index contributed by atoms with van der Waals surface area (Å²) in [6, 6.07) is 1.31. The normalized spacial score (nSPS) is 19.5. The largest absolute Gasteiger partial charge is 0.490 e. The summed E-state index contributed by atoms with van der Waals surface area (Å²) in [5.41, 5.74) is -0.200. The highest BCUT2D eigenvalue weighted by molar-refractivity contribution is 5.82. The molecule has 1 aromatic heterocycles. The molecule has 1 aliphatic rings. The summed E-state index contributed by atoms with van der Waals surface area (Å²) in [5.74, 6) is 0.904. The summed E-state index contributed by atoms with van der Waals surface area (Å²) in [6.45, 7) is 4.06. The number of hydrogen-bond acceptors (Lipinski definition) is 5. The van der Waals surface area contributed by atoms with Crippen LogP contribution in [0.15, 0.2) is 21.5 Å². The molecule has 1 fully saturated rings. The average molecular weight is 308 g/mol. The standard InChI is InChI=1S/C16H24N2O4/c1-4-5-6-13-16(20)17(2)7-8-18(13)10-12-9-14(19)15(21-3)11-22-12/h9,11,13H,4-8,10H2,1-3H3. The van der Waals surface area contributed by atoms with E-state index in [1.807, 2.05) is 7.05 Å². The first-order chi connectivity index (χ1) is 10.6. The Kier molecular flexibility index (Phi) is 5.60. The first kappa shape index (κ1) is 16.5. The number of amides is 1. The van der Waals surface area contributed by atoms with Crippen LogP contribution in [0.5, 0.6) is 5.75 Å². The molecule has 1 amide bonds. The number of ether oxygens (including phenoxy) is 1. The fraction of sp³-hybridized carbons (Fsp3) is 0.625. The van der Waals surface area contributed by atoms with Crippen LogP contribution in [0.2, 0.25) is 0 Å². The van der Waals surface area contributed by atoms with Gasteiger partial charge in [0.1, 0.15) is 12.0 Å². The quantitative estimate of drug-likeness (QED) is 0.796. The predicted octanol–water partition coefficient (Wildman–Crippen LogP) is 1.48. The van der Waals surface area contributed by atoms with Crippen LogP contribution in [0.1, 0.15) is 31.9 Å². The van der Waals surface area contributed by atoms with E-state index < -0.39 is 0 Å². The molecule has 0 saturated carbocycles. The van der Waals surface area contributed by atoms with E-state index >= 15 is 0 Å². The van der Waals surface area contributed by atoms with Crippen molar-refractivity contribution in [3.8, 4) is 5.75 Å². The molecule has 22 heavy (non-hydrogen) atoms. The van der Waals surface area contributed by atoms with Crippen LogP contribution in [-0.2, 0) is 11.3 Å². The van der Waals surface area contributed by atoms with Crippen molar-refractivity contribution in [3.63, 3.8) is 0 Å². The van der Waals surface area contributed by atoms with Gasteiger partial charge in [-0.05, 0) is 6.42 Å². The zero-order valence-corrected chi connectivity index (χ0v) is 13.5. The molecule has 122 valence electrons. The lowest BCUT2D eigenvalue weighted by atomic mass is 10.0. The summed E-state index contributed by atoms with van der Waals surface area (Å²) in [6.07, 6.45) is 4.23. The van der Waals surface area contributed by atoms with Gasteiger partial charge in [0.15, 0.2) is 0 Å². The molecule has 1 aliphatic heterocycles. The Labute approximate surface area is 130 Å². The molecule has 0 aromatic carbocycles. The van der Waals surface area contributed by atoms with Crippen molar-refractivity contribution >= 4 is 5.91 Å². The second-order valence-electron chi connectivity index (χ2n) is 5.67. The molecule has 2 rings (SSSR count). The molecule has 1 aromatic rings. The maximum Gasteiger partial charge on any atom is 0.239 e. The van der Waals surface area contributed by atoms with Gasteiger partial charge in [0, 0.05) is 26.2 Å². The van der Waals surface area contributed by atoms with E-state index in [0.717, 1.165) is 25.8 Å². The van der Waals surface area contributed by atoms with Gasteiger partial charge in [-0.3, -0.25) is 14.5 Å². The number of piperazine rings is 1. The van der Waals surface area contributed by atoms with Crippen LogP contribution in [0.3, 0.4) is 0 Å². The number of unbranched alkanes of at least 4 members (excludes halogenated alkanes) is 1. The maximum absolute atomic E-state index is 12.4. The Morgan fingerprint density at radius 3 is 2.77 bits per heavy atom. The molecule has 1 saturated heterocycles. The number of hydrogen-bond donors (Lipinski definition) is 0. The predicted molar refractivity (Wildman–Crippen MR) is 82.9 cm³/mol. The van der Waals surface area contributed by atoms with Gasteiger partial charge in [0.25, 0.3) is 0 Å². The average Bonchev–Trinajstić information content (AvgIpc) is 2.51. The van der Waals surface area contributed by atoms with Crippen LogP contribution in [0.25, 0.3) is 0 Å². The summed E-state index contributed by atoms with van der Waals surface area (Å²) < 4.78 is 10.4. The Bertz CT molecular complexity index is 570. The van der Waals surface area contributed by atoms with Crippen molar-refractivity contribution in [2.24, 2.45) is 0 Å². The summed E-state index contributed by atoms with van der Waals surface area (Å²) >= 11 is 0. The topological polar surface area (TPSA) is 63.0 Å². The summed E-state index contributed by atoms with van der Waals surface area (Å²) in [5, 5.41) is 0. The van der Waals surface area contributed by atoms with Crippen LogP contribution >= 0.6 is 0 Å². The van der Waals surface area contributed by atoms with Crippen LogP contribution in [0.4, 0.5) is 0 Å². The van der Waals surface area contributed by atoms with Gasteiger partial charge in [-0.2, -0.15) is 0 Å². The molecular formula is C16H24N2O4. The molecular weight excluding hydrogens is 284 g/mol. The van der Waals surface area contributed by atoms with Crippen LogP contribution < -0.4 is 10.2 Å². The Balaban J connectivity index is 2.13. The SMILES string of the molecule is CCCCC1C(=O)N(C)CCN1Cc1cc(=O)c(OC)co1. The maximum atomic E-state index is 12.4. The molecule has 1 atom stereocenters. The van der Waals surface area contributed by atoms with Gasteiger partial charge < -0.3 is 14.1 Å². The zero-order chi connectivity index (χ0) is 16.1. The fourth-order valence-corrected chi connectivity index (χ4v) is 2.72. The number of rotatable bonds is 6. The summed E-state index contributed by atoms with van der Waals surface area (Å²) in [4.78, 5) is 28.1. The van der Waals surface area contributed by atoms with E-state index in [-0.39, 0.29) is 23.1 Å². The highest BCUT2D eigenvalue weighted by Crippen LogP contribution is 2.19. The first-order valence-electron chi connectivity index (χ1n) is 7.71. The molecule has 0 aliphatic carbocycles. The van der Waals surface area contributed by atoms with Crippen molar-refractivity contribution < 1.29 is 13.9 Å². The molecule has 0 radical (unpaired) electrons. The van der Waals surface area contributed by atoms with Gasteiger partial charge in [0.2, 0.25) is 17.1 Å². The lowest BCUT2D eigenvalue weighted by molar-refractivity contribution is -0.141. The van der Waals surface area contributed by atoms with Crippen molar-refractivity contribution in [1.82, 2.24) is 9.80 Å². The minimum atomic E-state index is -0.200.